The van der Waals surface area contributed by atoms with Crippen molar-refractivity contribution in [2.75, 3.05) is 13.2 Å². The zero-order valence-corrected chi connectivity index (χ0v) is 16.3. The molecule has 0 fully saturated rings. The summed E-state index contributed by atoms with van der Waals surface area (Å²) in [6.07, 6.45) is 3.83. The average Bonchev–Trinajstić information content (AvgIpc) is 3.09. The number of H-pyrrole nitrogens is 1. The van der Waals surface area contributed by atoms with Crippen molar-refractivity contribution in [3.05, 3.63) is 83.8 Å². The molecule has 0 unspecified atom stereocenters. The van der Waals surface area contributed by atoms with Crippen molar-refractivity contribution in [2.45, 2.75) is 20.4 Å². The first-order chi connectivity index (χ1) is 13.7. The van der Waals surface area contributed by atoms with Gasteiger partial charge in [-0.2, -0.15) is 0 Å². The number of pyridine rings is 1. The van der Waals surface area contributed by atoms with Crippen molar-refractivity contribution in [1.82, 2.24) is 15.3 Å². The minimum Gasteiger partial charge on any atom is -0.492 e. The predicted molar refractivity (Wildman–Crippen MR) is 115 cm³/mol. The maximum absolute atomic E-state index is 5.98. The summed E-state index contributed by atoms with van der Waals surface area (Å²) in [5.41, 5.74) is 7.02. The van der Waals surface area contributed by atoms with Crippen molar-refractivity contribution in [3.8, 4) is 16.9 Å². The topological polar surface area (TPSA) is 49.9 Å². The van der Waals surface area contributed by atoms with Crippen LogP contribution in [0.2, 0.25) is 0 Å². The third kappa shape index (κ3) is 4.24. The Hall–Kier alpha value is -3.11. The normalized spacial score (nSPS) is 11.1. The van der Waals surface area contributed by atoms with E-state index in [1.54, 1.807) is 0 Å². The summed E-state index contributed by atoms with van der Waals surface area (Å²) in [5.74, 6) is 0.923. The molecule has 0 spiro atoms. The van der Waals surface area contributed by atoms with E-state index < -0.39 is 0 Å². The van der Waals surface area contributed by atoms with Crippen LogP contribution in [0.25, 0.3) is 22.0 Å². The Bertz CT molecular complexity index is 1070. The number of benzene rings is 2. The highest BCUT2D eigenvalue weighted by atomic mass is 16.5. The summed E-state index contributed by atoms with van der Waals surface area (Å²) >= 11 is 0. The lowest BCUT2D eigenvalue weighted by atomic mass is 10.0. The zero-order chi connectivity index (χ0) is 19.3. The third-order valence-corrected chi connectivity index (χ3v) is 4.80. The third-order valence-electron chi connectivity index (χ3n) is 4.80. The van der Waals surface area contributed by atoms with Crippen LogP contribution in [0.3, 0.4) is 0 Å². The van der Waals surface area contributed by atoms with Gasteiger partial charge in [-0.3, -0.25) is 4.98 Å². The summed E-state index contributed by atoms with van der Waals surface area (Å²) in [4.78, 5) is 7.73. The molecule has 4 heteroatoms. The van der Waals surface area contributed by atoms with E-state index in [1.807, 2.05) is 24.5 Å². The van der Waals surface area contributed by atoms with Crippen molar-refractivity contribution in [1.29, 1.82) is 0 Å². The van der Waals surface area contributed by atoms with Crippen LogP contribution in [0.1, 0.15) is 16.8 Å². The molecule has 0 radical (unpaired) electrons. The highest BCUT2D eigenvalue weighted by Gasteiger charge is 2.04. The fourth-order valence-corrected chi connectivity index (χ4v) is 3.35. The van der Waals surface area contributed by atoms with Gasteiger partial charge in [-0.05, 0) is 49.2 Å². The molecule has 0 bridgehead atoms. The minimum absolute atomic E-state index is 0.619. The highest BCUT2D eigenvalue weighted by molar-refractivity contribution is 5.86. The molecule has 0 saturated carbocycles. The maximum Gasteiger partial charge on any atom is 0.128 e. The zero-order valence-electron chi connectivity index (χ0n) is 16.3. The van der Waals surface area contributed by atoms with Crippen molar-refractivity contribution < 1.29 is 4.74 Å². The number of aryl methyl sites for hydroxylation is 2. The van der Waals surface area contributed by atoms with E-state index in [4.69, 9.17) is 4.74 Å². The van der Waals surface area contributed by atoms with Gasteiger partial charge in [0.25, 0.3) is 0 Å². The second kappa shape index (κ2) is 8.28. The standard InChI is InChI=1S/C24H25N3O/c1-17-6-8-20(9-7-17)21-13-19(15-26-16-21)14-25-10-11-28-24-5-3-4-23-22(24)12-18(2)27-23/h3-9,12-13,15-16,25,27H,10-11,14H2,1-2H3. The first-order valence-corrected chi connectivity index (χ1v) is 9.62. The van der Waals surface area contributed by atoms with Gasteiger partial charge in [-0.15, -0.1) is 0 Å². The van der Waals surface area contributed by atoms with Crippen LogP contribution in [-0.2, 0) is 6.54 Å². The van der Waals surface area contributed by atoms with Crippen molar-refractivity contribution in [3.63, 3.8) is 0 Å². The summed E-state index contributed by atoms with van der Waals surface area (Å²) in [7, 11) is 0. The van der Waals surface area contributed by atoms with E-state index in [0.717, 1.165) is 41.0 Å². The Balaban J connectivity index is 1.30. The van der Waals surface area contributed by atoms with Crippen LogP contribution < -0.4 is 10.1 Å². The van der Waals surface area contributed by atoms with Crippen LogP contribution in [0, 0.1) is 13.8 Å². The van der Waals surface area contributed by atoms with E-state index in [2.05, 4.69) is 71.6 Å². The first-order valence-electron chi connectivity index (χ1n) is 9.62. The lowest BCUT2D eigenvalue weighted by molar-refractivity contribution is 0.317. The number of fused-ring (bicyclic) bond motifs is 1. The van der Waals surface area contributed by atoms with Gasteiger partial charge in [0.05, 0.1) is 0 Å². The Labute approximate surface area is 165 Å². The average molecular weight is 371 g/mol. The minimum atomic E-state index is 0.619. The number of nitrogens with zero attached hydrogens (tertiary/aromatic N) is 1. The Morgan fingerprint density at radius 1 is 0.964 bits per heavy atom. The van der Waals surface area contributed by atoms with Gasteiger partial charge in [0.2, 0.25) is 0 Å². The monoisotopic (exact) mass is 371 g/mol. The van der Waals surface area contributed by atoms with Crippen LogP contribution in [0.5, 0.6) is 5.75 Å². The lowest BCUT2D eigenvalue weighted by Crippen LogP contribution is -2.20. The van der Waals surface area contributed by atoms with E-state index in [9.17, 15) is 0 Å². The molecule has 28 heavy (non-hydrogen) atoms. The summed E-state index contributed by atoms with van der Waals surface area (Å²) in [6.45, 7) is 6.32. The van der Waals surface area contributed by atoms with Crippen LogP contribution in [0.4, 0.5) is 0 Å². The fourth-order valence-electron chi connectivity index (χ4n) is 3.35. The van der Waals surface area contributed by atoms with Gasteiger partial charge in [-0.1, -0.05) is 35.9 Å². The van der Waals surface area contributed by atoms with Crippen LogP contribution in [-0.4, -0.2) is 23.1 Å². The van der Waals surface area contributed by atoms with Gasteiger partial charge >= 0.3 is 0 Å². The fraction of sp³-hybridized carbons (Fsp3) is 0.208. The Kier molecular flexibility index (Phi) is 5.40. The number of hydrogen-bond acceptors (Lipinski definition) is 3. The second-order valence-electron chi connectivity index (χ2n) is 7.14. The maximum atomic E-state index is 5.98. The smallest absolute Gasteiger partial charge is 0.128 e. The molecule has 4 rings (SSSR count). The molecule has 2 aromatic carbocycles. The number of nitrogens with one attached hydrogen (secondary N) is 2. The number of aromatic amines is 1. The molecule has 0 amide bonds. The molecule has 0 aliphatic heterocycles. The van der Waals surface area contributed by atoms with E-state index in [-0.39, 0.29) is 0 Å². The number of hydrogen-bond donors (Lipinski definition) is 2. The lowest BCUT2D eigenvalue weighted by Gasteiger charge is -2.09. The summed E-state index contributed by atoms with van der Waals surface area (Å²) in [6, 6.07) is 19.0. The molecule has 0 aliphatic carbocycles. The summed E-state index contributed by atoms with van der Waals surface area (Å²) < 4.78 is 5.98. The molecular weight excluding hydrogens is 346 g/mol. The van der Waals surface area contributed by atoms with Gasteiger partial charge < -0.3 is 15.0 Å². The molecule has 2 heterocycles. The van der Waals surface area contributed by atoms with Crippen molar-refractivity contribution >= 4 is 10.9 Å². The van der Waals surface area contributed by atoms with E-state index in [1.165, 1.54) is 16.7 Å². The Morgan fingerprint density at radius 3 is 2.68 bits per heavy atom. The van der Waals surface area contributed by atoms with Gasteiger partial charge in [-0.25, -0.2) is 0 Å². The largest absolute Gasteiger partial charge is 0.492 e. The Morgan fingerprint density at radius 2 is 1.82 bits per heavy atom. The SMILES string of the molecule is Cc1ccc(-c2cncc(CNCCOc3cccc4[nH]c(C)cc34)c2)cc1. The van der Waals surface area contributed by atoms with E-state index >= 15 is 0 Å². The number of aromatic nitrogens is 2. The van der Waals surface area contributed by atoms with Crippen LogP contribution in [0.15, 0.2) is 67.0 Å². The van der Waals surface area contributed by atoms with E-state index in [0.29, 0.717) is 6.61 Å². The molecule has 2 aromatic heterocycles. The molecule has 0 aliphatic rings. The van der Waals surface area contributed by atoms with Gasteiger partial charge in [0, 0.05) is 47.6 Å². The molecule has 0 atom stereocenters. The molecule has 0 saturated heterocycles. The second-order valence-corrected chi connectivity index (χ2v) is 7.14. The molecular formula is C24H25N3O. The molecule has 4 nitrogen and oxygen atoms in total. The summed E-state index contributed by atoms with van der Waals surface area (Å²) in [5, 5.41) is 4.57. The van der Waals surface area contributed by atoms with Crippen molar-refractivity contribution in [2.24, 2.45) is 0 Å². The molecule has 142 valence electrons. The first kappa shape index (κ1) is 18.3. The quantitative estimate of drug-likeness (QED) is 0.449. The molecule has 2 N–H and O–H groups in total. The van der Waals surface area contributed by atoms with Crippen LogP contribution >= 0.6 is 0 Å². The van der Waals surface area contributed by atoms with Gasteiger partial charge in [0.1, 0.15) is 12.4 Å². The highest BCUT2D eigenvalue weighted by Crippen LogP contribution is 2.26. The molecule has 4 aromatic rings. The number of ether oxygens (including phenoxy) is 1. The number of rotatable bonds is 7. The van der Waals surface area contributed by atoms with Gasteiger partial charge in [0.15, 0.2) is 0 Å². The predicted octanol–water partition coefficient (Wildman–Crippen LogP) is 5.02.